The zero-order valence-electron chi connectivity index (χ0n) is 19.7. The fourth-order valence-electron chi connectivity index (χ4n) is 3.46. The number of carbonyl (C=O) groups excluding carboxylic acids is 3. The van der Waals surface area contributed by atoms with Crippen molar-refractivity contribution in [2.45, 2.75) is 13.5 Å². The van der Waals surface area contributed by atoms with Crippen molar-refractivity contribution in [2.75, 3.05) is 18.5 Å². The van der Waals surface area contributed by atoms with E-state index >= 15 is 0 Å². The molecule has 0 aliphatic carbocycles. The van der Waals surface area contributed by atoms with Crippen LogP contribution in [0.25, 0.3) is 6.08 Å². The van der Waals surface area contributed by atoms with Crippen molar-refractivity contribution >= 4 is 63.2 Å². The van der Waals surface area contributed by atoms with Crippen molar-refractivity contribution in [3.63, 3.8) is 0 Å². The number of anilines is 1. The summed E-state index contributed by atoms with van der Waals surface area (Å²) in [6.07, 6.45) is 1.59. The van der Waals surface area contributed by atoms with Gasteiger partial charge in [0.15, 0.2) is 11.5 Å². The first-order valence-corrected chi connectivity index (χ1v) is 13.2. The minimum atomic E-state index is -0.539. The second kappa shape index (κ2) is 12.2. The van der Waals surface area contributed by atoms with Gasteiger partial charge in [-0.25, -0.2) is 4.39 Å². The molecule has 4 rings (SSSR count). The number of ether oxygens (including phenoxy) is 2. The molecule has 0 spiro atoms. The van der Waals surface area contributed by atoms with Crippen LogP contribution in [0.5, 0.6) is 11.5 Å². The van der Waals surface area contributed by atoms with Crippen molar-refractivity contribution in [1.82, 2.24) is 4.90 Å². The normalized spacial score (nSPS) is 14.2. The molecule has 7 nitrogen and oxygen atoms in total. The first-order chi connectivity index (χ1) is 17.8. The number of hydrogen-bond donors (Lipinski definition) is 1. The Kier molecular flexibility index (Phi) is 8.82. The van der Waals surface area contributed by atoms with Crippen LogP contribution in [0.3, 0.4) is 0 Å². The van der Waals surface area contributed by atoms with Crippen molar-refractivity contribution in [1.29, 1.82) is 0 Å². The third-order valence-electron chi connectivity index (χ3n) is 5.16. The van der Waals surface area contributed by atoms with Gasteiger partial charge in [0, 0.05) is 5.69 Å². The summed E-state index contributed by atoms with van der Waals surface area (Å²) in [5.74, 6) is -0.328. The molecule has 1 aliphatic rings. The molecule has 0 atom stereocenters. The molecule has 1 N–H and O–H groups in total. The molecule has 3 amide bonds. The Hall–Kier alpha value is -3.38. The molecule has 0 saturated carbocycles. The van der Waals surface area contributed by atoms with Gasteiger partial charge in [-0.3, -0.25) is 19.3 Å². The minimum absolute atomic E-state index is 0.204. The molecular weight excluding hydrogens is 610 g/mol. The van der Waals surface area contributed by atoms with Gasteiger partial charge in [-0.1, -0.05) is 30.3 Å². The van der Waals surface area contributed by atoms with Crippen LogP contribution in [0.2, 0.25) is 0 Å². The lowest BCUT2D eigenvalue weighted by Gasteiger charge is -2.15. The lowest BCUT2D eigenvalue weighted by molar-refractivity contribution is -0.127. The van der Waals surface area contributed by atoms with Crippen LogP contribution < -0.4 is 14.8 Å². The van der Waals surface area contributed by atoms with Crippen LogP contribution in [0, 0.1) is 9.39 Å². The largest absolute Gasteiger partial charge is 0.490 e. The highest BCUT2D eigenvalue weighted by molar-refractivity contribution is 14.1. The van der Waals surface area contributed by atoms with E-state index in [0.29, 0.717) is 29.4 Å². The summed E-state index contributed by atoms with van der Waals surface area (Å²) >= 11 is 2.89. The Balaban J connectivity index is 1.49. The predicted molar refractivity (Wildman–Crippen MR) is 149 cm³/mol. The van der Waals surface area contributed by atoms with E-state index in [9.17, 15) is 18.8 Å². The van der Waals surface area contributed by atoms with Gasteiger partial charge in [0.2, 0.25) is 5.91 Å². The molecule has 1 aliphatic heterocycles. The number of imide groups is 1. The van der Waals surface area contributed by atoms with E-state index < -0.39 is 17.1 Å². The van der Waals surface area contributed by atoms with Gasteiger partial charge in [-0.15, -0.1) is 0 Å². The fourth-order valence-corrected chi connectivity index (χ4v) is 5.08. The second-order valence-electron chi connectivity index (χ2n) is 7.86. The maximum absolute atomic E-state index is 13.2. The molecule has 0 radical (unpaired) electrons. The van der Waals surface area contributed by atoms with Gasteiger partial charge >= 0.3 is 0 Å². The second-order valence-corrected chi connectivity index (χ2v) is 10.0. The standard InChI is InChI=1S/C27H22FIN2O5S/c1-2-35-22-13-18(12-21(29)25(22)36-16-17-8-10-19(28)11-9-17)14-23-26(33)31(27(34)37-23)15-24(32)30-20-6-4-3-5-7-20/h3-14H,2,15-16H2,1H3,(H,30,32)/b23-14-. The van der Waals surface area contributed by atoms with E-state index in [1.54, 1.807) is 54.6 Å². The average Bonchev–Trinajstić information content (AvgIpc) is 3.12. The molecule has 1 saturated heterocycles. The first kappa shape index (κ1) is 26.7. The number of nitrogens with zero attached hydrogens (tertiary/aromatic N) is 1. The van der Waals surface area contributed by atoms with Crippen LogP contribution in [0.1, 0.15) is 18.1 Å². The Labute approximate surface area is 231 Å². The monoisotopic (exact) mass is 632 g/mol. The van der Waals surface area contributed by atoms with Crippen molar-refractivity contribution < 1.29 is 28.2 Å². The van der Waals surface area contributed by atoms with E-state index in [1.165, 1.54) is 12.1 Å². The van der Waals surface area contributed by atoms with Gasteiger partial charge in [-0.2, -0.15) is 0 Å². The summed E-state index contributed by atoms with van der Waals surface area (Å²) in [5, 5.41) is 2.16. The van der Waals surface area contributed by atoms with Crippen LogP contribution in [-0.2, 0) is 16.2 Å². The zero-order chi connectivity index (χ0) is 26.4. The molecule has 1 heterocycles. The van der Waals surface area contributed by atoms with E-state index in [2.05, 4.69) is 27.9 Å². The highest BCUT2D eigenvalue weighted by Crippen LogP contribution is 2.38. The van der Waals surface area contributed by atoms with Crippen LogP contribution in [0.4, 0.5) is 14.9 Å². The van der Waals surface area contributed by atoms with Crippen LogP contribution in [-0.4, -0.2) is 35.1 Å². The topological polar surface area (TPSA) is 84.9 Å². The average molecular weight is 632 g/mol. The molecule has 3 aromatic carbocycles. The summed E-state index contributed by atoms with van der Waals surface area (Å²) in [4.78, 5) is 38.9. The number of hydrogen-bond acceptors (Lipinski definition) is 6. The Morgan fingerprint density at radius 1 is 1.08 bits per heavy atom. The SMILES string of the molecule is CCOc1cc(/C=C2\SC(=O)N(CC(=O)Nc3ccccc3)C2=O)cc(I)c1OCc1ccc(F)cc1. The molecule has 37 heavy (non-hydrogen) atoms. The summed E-state index contributed by atoms with van der Waals surface area (Å²) < 4.78 is 25.6. The number of para-hydroxylation sites is 1. The maximum Gasteiger partial charge on any atom is 0.294 e. The molecule has 0 aromatic heterocycles. The summed E-state index contributed by atoms with van der Waals surface area (Å²) in [6, 6.07) is 18.4. The molecule has 190 valence electrons. The molecular formula is C27H22FIN2O5S. The van der Waals surface area contributed by atoms with Crippen molar-refractivity contribution in [3.05, 3.63) is 92.1 Å². The zero-order valence-corrected chi connectivity index (χ0v) is 22.7. The van der Waals surface area contributed by atoms with Gasteiger partial charge in [0.1, 0.15) is 19.0 Å². The Bertz CT molecular complexity index is 1350. The lowest BCUT2D eigenvalue weighted by Crippen LogP contribution is -2.36. The van der Waals surface area contributed by atoms with Gasteiger partial charge < -0.3 is 14.8 Å². The highest BCUT2D eigenvalue weighted by Gasteiger charge is 2.36. The molecule has 0 unspecified atom stereocenters. The highest BCUT2D eigenvalue weighted by atomic mass is 127. The van der Waals surface area contributed by atoms with E-state index in [4.69, 9.17) is 9.47 Å². The van der Waals surface area contributed by atoms with E-state index in [1.807, 2.05) is 13.0 Å². The fraction of sp³-hybridized carbons (Fsp3) is 0.148. The lowest BCUT2D eigenvalue weighted by atomic mass is 10.1. The quantitative estimate of drug-likeness (QED) is 0.227. The molecule has 0 bridgehead atoms. The number of rotatable bonds is 9. The van der Waals surface area contributed by atoms with E-state index in [0.717, 1.165) is 25.8 Å². The number of nitrogens with one attached hydrogen (secondary N) is 1. The molecule has 1 fully saturated rings. The van der Waals surface area contributed by atoms with Gasteiger partial charge in [0.25, 0.3) is 11.1 Å². The number of thioether (sulfide) groups is 1. The molecule has 3 aromatic rings. The predicted octanol–water partition coefficient (Wildman–Crippen LogP) is 6.08. The van der Waals surface area contributed by atoms with Crippen LogP contribution >= 0.6 is 34.4 Å². The third kappa shape index (κ3) is 6.89. The minimum Gasteiger partial charge on any atom is -0.490 e. The Morgan fingerprint density at radius 2 is 1.81 bits per heavy atom. The van der Waals surface area contributed by atoms with Crippen molar-refractivity contribution in [2.24, 2.45) is 0 Å². The number of carbonyl (C=O) groups is 3. The van der Waals surface area contributed by atoms with Crippen molar-refractivity contribution in [3.8, 4) is 11.5 Å². The summed E-state index contributed by atoms with van der Waals surface area (Å²) in [6.45, 7) is 2.07. The Morgan fingerprint density at radius 3 is 2.51 bits per heavy atom. The third-order valence-corrected chi connectivity index (χ3v) is 6.87. The maximum atomic E-state index is 13.2. The van der Waals surface area contributed by atoms with Gasteiger partial charge in [-0.05, 0) is 94.9 Å². The van der Waals surface area contributed by atoms with Crippen LogP contribution in [0.15, 0.2) is 71.6 Å². The molecule has 10 heteroatoms. The van der Waals surface area contributed by atoms with E-state index in [-0.39, 0.29) is 23.9 Å². The van der Waals surface area contributed by atoms with Gasteiger partial charge in [0.05, 0.1) is 15.1 Å². The number of amides is 3. The first-order valence-electron chi connectivity index (χ1n) is 11.3. The summed E-state index contributed by atoms with van der Waals surface area (Å²) in [5.41, 5.74) is 2.02. The smallest absolute Gasteiger partial charge is 0.294 e. The summed E-state index contributed by atoms with van der Waals surface area (Å²) in [7, 11) is 0. The number of benzene rings is 3. The number of halogens is 2.